The zero-order chi connectivity index (χ0) is 16.1. The molecule has 0 aliphatic carbocycles. The molecule has 0 bridgehead atoms. The molecule has 22 heavy (non-hydrogen) atoms. The molecule has 0 saturated carbocycles. The van der Waals surface area contributed by atoms with Gasteiger partial charge in [0.1, 0.15) is 5.75 Å². The van der Waals surface area contributed by atoms with Crippen molar-refractivity contribution in [3.63, 3.8) is 0 Å². The Labute approximate surface area is 131 Å². The number of carbonyl (C=O) groups excluding carboxylic acids is 1. The van der Waals surface area contributed by atoms with Crippen LogP contribution in [0.1, 0.15) is 22.8 Å². The fraction of sp³-hybridized carbons (Fsp3) is 0.278. The number of aliphatic hydroxyl groups excluding tert-OH is 1. The van der Waals surface area contributed by atoms with Crippen LogP contribution in [0.2, 0.25) is 0 Å². The summed E-state index contributed by atoms with van der Waals surface area (Å²) in [5.41, 5.74) is 2.73. The molecule has 0 aliphatic rings. The maximum atomic E-state index is 12.3. The summed E-state index contributed by atoms with van der Waals surface area (Å²) in [5, 5.41) is 10.3. The van der Waals surface area contributed by atoms with Crippen LogP contribution in [0.15, 0.2) is 48.5 Å². The molecule has 1 N–H and O–H groups in total. The van der Waals surface area contributed by atoms with E-state index < -0.39 is 6.10 Å². The first-order valence-corrected chi connectivity index (χ1v) is 7.14. The zero-order valence-corrected chi connectivity index (χ0v) is 13.1. The van der Waals surface area contributed by atoms with Gasteiger partial charge in [-0.25, -0.2) is 0 Å². The molecule has 1 atom stereocenters. The number of rotatable bonds is 5. The van der Waals surface area contributed by atoms with Gasteiger partial charge in [-0.3, -0.25) is 4.79 Å². The molecular formula is C18H21NO3. The van der Waals surface area contributed by atoms with E-state index in [-0.39, 0.29) is 5.91 Å². The van der Waals surface area contributed by atoms with E-state index >= 15 is 0 Å². The number of amides is 1. The van der Waals surface area contributed by atoms with Crippen molar-refractivity contribution in [3.8, 4) is 5.75 Å². The van der Waals surface area contributed by atoms with Crippen LogP contribution in [0.25, 0.3) is 0 Å². The van der Waals surface area contributed by atoms with Gasteiger partial charge in [-0.05, 0) is 30.2 Å². The third-order valence-electron chi connectivity index (χ3n) is 3.56. The first kappa shape index (κ1) is 16.0. The molecule has 0 aliphatic heterocycles. The summed E-state index contributed by atoms with van der Waals surface area (Å²) in [7, 11) is 3.24. The standard InChI is InChI=1S/C18H21NO3/c1-13-7-9-14(10-8-13)12-19(2)18(21)17(20)15-5-4-6-16(11-15)22-3/h4-11,17,20H,12H2,1-3H3. The Morgan fingerprint density at radius 2 is 1.91 bits per heavy atom. The minimum Gasteiger partial charge on any atom is -0.497 e. The number of carbonyl (C=O) groups is 1. The monoisotopic (exact) mass is 299 g/mol. The number of aliphatic hydroxyl groups is 1. The van der Waals surface area contributed by atoms with Gasteiger partial charge in [-0.1, -0.05) is 42.0 Å². The van der Waals surface area contributed by atoms with Gasteiger partial charge >= 0.3 is 0 Å². The highest BCUT2D eigenvalue weighted by atomic mass is 16.5. The van der Waals surface area contributed by atoms with Crippen molar-refractivity contribution in [2.24, 2.45) is 0 Å². The Morgan fingerprint density at radius 3 is 2.55 bits per heavy atom. The van der Waals surface area contributed by atoms with Gasteiger partial charge in [0.2, 0.25) is 0 Å². The Hall–Kier alpha value is -2.33. The van der Waals surface area contributed by atoms with E-state index in [2.05, 4.69) is 0 Å². The maximum Gasteiger partial charge on any atom is 0.256 e. The highest BCUT2D eigenvalue weighted by Gasteiger charge is 2.21. The molecule has 0 aromatic heterocycles. The van der Waals surface area contributed by atoms with Crippen molar-refractivity contribution in [1.29, 1.82) is 0 Å². The quantitative estimate of drug-likeness (QED) is 0.923. The summed E-state index contributed by atoms with van der Waals surface area (Å²) >= 11 is 0. The smallest absolute Gasteiger partial charge is 0.256 e. The summed E-state index contributed by atoms with van der Waals surface area (Å²) in [6.45, 7) is 2.48. The molecular weight excluding hydrogens is 278 g/mol. The summed E-state index contributed by atoms with van der Waals surface area (Å²) < 4.78 is 5.12. The average molecular weight is 299 g/mol. The van der Waals surface area contributed by atoms with Gasteiger partial charge < -0.3 is 14.7 Å². The van der Waals surface area contributed by atoms with E-state index in [0.29, 0.717) is 17.9 Å². The van der Waals surface area contributed by atoms with E-state index in [9.17, 15) is 9.90 Å². The van der Waals surface area contributed by atoms with Crippen LogP contribution in [-0.4, -0.2) is 30.1 Å². The predicted octanol–water partition coefficient (Wildman–Crippen LogP) is 2.70. The second kappa shape index (κ2) is 7.09. The molecule has 0 fully saturated rings. The molecule has 0 saturated heterocycles. The maximum absolute atomic E-state index is 12.3. The molecule has 4 nitrogen and oxygen atoms in total. The first-order chi connectivity index (χ1) is 10.5. The van der Waals surface area contributed by atoms with E-state index in [0.717, 1.165) is 5.56 Å². The normalized spacial score (nSPS) is 11.8. The highest BCUT2D eigenvalue weighted by Crippen LogP contribution is 2.21. The third kappa shape index (κ3) is 3.86. The van der Waals surface area contributed by atoms with Crippen LogP contribution in [0.5, 0.6) is 5.75 Å². The molecule has 0 spiro atoms. The van der Waals surface area contributed by atoms with Crippen molar-refractivity contribution in [3.05, 3.63) is 65.2 Å². The molecule has 2 aromatic rings. The van der Waals surface area contributed by atoms with Gasteiger partial charge in [0.15, 0.2) is 6.10 Å². The van der Waals surface area contributed by atoms with Crippen LogP contribution in [-0.2, 0) is 11.3 Å². The Kier molecular flexibility index (Phi) is 5.17. The van der Waals surface area contributed by atoms with Crippen LogP contribution >= 0.6 is 0 Å². The van der Waals surface area contributed by atoms with Crippen LogP contribution < -0.4 is 4.74 Å². The van der Waals surface area contributed by atoms with E-state index in [1.165, 1.54) is 10.5 Å². The Balaban J connectivity index is 2.07. The highest BCUT2D eigenvalue weighted by molar-refractivity contribution is 5.82. The van der Waals surface area contributed by atoms with Crippen LogP contribution in [0, 0.1) is 6.92 Å². The van der Waals surface area contributed by atoms with Gasteiger partial charge in [0.05, 0.1) is 7.11 Å². The van der Waals surface area contributed by atoms with E-state index in [4.69, 9.17) is 4.74 Å². The number of methoxy groups -OCH3 is 1. The van der Waals surface area contributed by atoms with Gasteiger partial charge in [0, 0.05) is 13.6 Å². The lowest BCUT2D eigenvalue weighted by Crippen LogP contribution is -2.31. The number of hydrogen-bond acceptors (Lipinski definition) is 3. The molecule has 0 heterocycles. The second-order valence-corrected chi connectivity index (χ2v) is 5.36. The van der Waals surface area contributed by atoms with Crippen molar-refractivity contribution in [1.82, 2.24) is 4.90 Å². The summed E-state index contributed by atoms with van der Waals surface area (Å²) in [6.07, 6.45) is -1.19. The van der Waals surface area contributed by atoms with E-state index in [1.807, 2.05) is 31.2 Å². The molecule has 4 heteroatoms. The lowest BCUT2D eigenvalue weighted by Gasteiger charge is -2.21. The molecule has 0 radical (unpaired) electrons. The summed E-state index contributed by atoms with van der Waals surface area (Å²) in [5.74, 6) is 0.277. The fourth-order valence-electron chi connectivity index (χ4n) is 2.21. The molecule has 116 valence electrons. The minimum atomic E-state index is -1.19. The zero-order valence-electron chi connectivity index (χ0n) is 13.1. The summed E-state index contributed by atoms with van der Waals surface area (Å²) in [6, 6.07) is 14.9. The van der Waals surface area contributed by atoms with Crippen molar-refractivity contribution in [2.45, 2.75) is 19.6 Å². The number of nitrogens with zero attached hydrogens (tertiary/aromatic N) is 1. The number of ether oxygens (including phenoxy) is 1. The minimum absolute atomic E-state index is 0.339. The fourth-order valence-corrected chi connectivity index (χ4v) is 2.21. The lowest BCUT2D eigenvalue weighted by molar-refractivity contribution is -0.139. The van der Waals surface area contributed by atoms with E-state index in [1.54, 1.807) is 38.4 Å². The third-order valence-corrected chi connectivity index (χ3v) is 3.56. The Bertz CT molecular complexity index is 637. The number of hydrogen-bond donors (Lipinski definition) is 1. The molecule has 1 amide bonds. The number of likely N-dealkylation sites (N-methyl/N-ethyl adjacent to an activating group) is 1. The van der Waals surface area contributed by atoms with Crippen LogP contribution in [0.3, 0.4) is 0 Å². The SMILES string of the molecule is COc1cccc(C(O)C(=O)N(C)Cc2ccc(C)cc2)c1. The molecule has 2 rings (SSSR count). The van der Waals surface area contributed by atoms with Gasteiger partial charge in [0.25, 0.3) is 5.91 Å². The Morgan fingerprint density at radius 1 is 1.23 bits per heavy atom. The van der Waals surface area contributed by atoms with Crippen molar-refractivity contribution < 1.29 is 14.6 Å². The predicted molar refractivity (Wildman–Crippen MR) is 85.6 cm³/mol. The van der Waals surface area contributed by atoms with Crippen LogP contribution in [0.4, 0.5) is 0 Å². The van der Waals surface area contributed by atoms with Gasteiger partial charge in [-0.2, -0.15) is 0 Å². The lowest BCUT2D eigenvalue weighted by atomic mass is 10.1. The van der Waals surface area contributed by atoms with Crippen molar-refractivity contribution in [2.75, 3.05) is 14.2 Å². The second-order valence-electron chi connectivity index (χ2n) is 5.36. The van der Waals surface area contributed by atoms with Crippen molar-refractivity contribution >= 4 is 5.91 Å². The average Bonchev–Trinajstić information content (AvgIpc) is 2.55. The van der Waals surface area contributed by atoms with Gasteiger partial charge in [-0.15, -0.1) is 0 Å². The number of benzene rings is 2. The number of aryl methyl sites for hydroxylation is 1. The topological polar surface area (TPSA) is 49.8 Å². The largest absolute Gasteiger partial charge is 0.497 e. The molecule has 1 unspecified atom stereocenters. The summed E-state index contributed by atoms with van der Waals surface area (Å²) in [4.78, 5) is 13.9. The first-order valence-electron chi connectivity index (χ1n) is 7.14. The molecule has 2 aromatic carbocycles.